The van der Waals surface area contributed by atoms with Crippen LogP contribution in [0.25, 0.3) is 0 Å². The van der Waals surface area contributed by atoms with Crippen molar-refractivity contribution in [3.8, 4) is 0 Å². The van der Waals surface area contributed by atoms with E-state index in [-0.39, 0.29) is 24.5 Å². The molecule has 1 unspecified atom stereocenters. The van der Waals surface area contributed by atoms with Gasteiger partial charge < -0.3 is 10.1 Å². The Morgan fingerprint density at radius 3 is 2.58 bits per heavy atom. The van der Waals surface area contributed by atoms with Crippen LogP contribution in [0, 0.1) is 0 Å². The van der Waals surface area contributed by atoms with E-state index in [0.29, 0.717) is 11.6 Å². The summed E-state index contributed by atoms with van der Waals surface area (Å²) in [6.07, 6.45) is 5.04. The molecule has 19 heavy (non-hydrogen) atoms. The molecule has 0 aromatic heterocycles. The molecular formula is C15H22ClNO2. The average Bonchev–Trinajstić information content (AvgIpc) is 2.90. The van der Waals surface area contributed by atoms with Crippen molar-refractivity contribution in [2.45, 2.75) is 44.8 Å². The summed E-state index contributed by atoms with van der Waals surface area (Å²) in [5.41, 5.74) is 0.616. The molecule has 3 nitrogen and oxygen atoms in total. The Labute approximate surface area is 121 Å². The smallest absolute Gasteiger partial charge is 0.338 e. The minimum Gasteiger partial charge on any atom is -0.458 e. The van der Waals surface area contributed by atoms with Gasteiger partial charge in [-0.2, -0.15) is 0 Å². The van der Waals surface area contributed by atoms with Crippen LogP contribution < -0.4 is 5.32 Å². The molecule has 0 spiro atoms. The first-order valence-electron chi connectivity index (χ1n) is 6.75. The van der Waals surface area contributed by atoms with E-state index in [9.17, 15) is 4.79 Å². The Morgan fingerprint density at radius 1 is 1.32 bits per heavy atom. The molecule has 0 radical (unpaired) electrons. The van der Waals surface area contributed by atoms with Gasteiger partial charge in [-0.05, 0) is 31.9 Å². The number of carbonyl (C=O) groups is 1. The summed E-state index contributed by atoms with van der Waals surface area (Å²) >= 11 is 0. The lowest BCUT2D eigenvalue weighted by Gasteiger charge is -2.17. The lowest BCUT2D eigenvalue weighted by molar-refractivity contribution is 0.0337. The first kappa shape index (κ1) is 16.0. The van der Waals surface area contributed by atoms with Crippen LogP contribution in [0.2, 0.25) is 0 Å². The zero-order valence-electron chi connectivity index (χ0n) is 11.3. The van der Waals surface area contributed by atoms with Gasteiger partial charge in [-0.3, -0.25) is 0 Å². The minimum atomic E-state index is -0.240. The summed E-state index contributed by atoms with van der Waals surface area (Å²) in [6, 6.07) is 9.75. The third-order valence-corrected chi connectivity index (χ3v) is 3.37. The molecule has 0 heterocycles. The molecule has 106 valence electrons. The van der Waals surface area contributed by atoms with Crippen molar-refractivity contribution in [1.29, 1.82) is 0 Å². The molecule has 1 atom stereocenters. The van der Waals surface area contributed by atoms with Crippen LogP contribution in [-0.4, -0.2) is 24.7 Å². The zero-order valence-corrected chi connectivity index (χ0v) is 12.1. The lowest BCUT2D eigenvalue weighted by atomic mass is 10.2. The molecule has 2 rings (SSSR count). The van der Waals surface area contributed by atoms with Gasteiger partial charge in [0, 0.05) is 12.6 Å². The van der Waals surface area contributed by atoms with Crippen LogP contribution in [0.3, 0.4) is 0 Å². The van der Waals surface area contributed by atoms with E-state index >= 15 is 0 Å². The lowest BCUT2D eigenvalue weighted by Crippen LogP contribution is -2.34. The topological polar surface area (TPSA) is 38.3 Å². The fraction of sp³-hybridized carbons (Fsp3) is 0.533. The molecule has 1 aromatic rings. The van der Waals surface area contributed by atoms with E-state index in [1.165, 1.54) is 25.7 Å². The second kappa shape index (κ2) is 8.18. The van der Waals surface area contributed by atoms with Gasteiger partial charge >= 0.3 is 5.97 Å². The molecule has 1 fully saturated rings. The molecular weight excluding hydrogens is 262 g/mol. The van der Waals surface area contributed by atoms with Gasteiger partial charge in [-0.1, -0.05) is 31.0 Å². The molecule has 1 saturated carbocycles. The SMILES string of the molecule is CC(CNC1CCCC1)OC(=O)c1ccccc1.Cl. The molecule has 0 bridgehead atoms. The Hall–Kier alpha value is -1.06. The summed E-state index contributed by atoms with van der Waals surface area (Å²) in [5, 5.41) is 3.46. The van der Waals surface area contributed by atoms with Crippen LogP contribution in [-0.2, 0) is 4.74 Å². The van der Waals surface area contributed by atoms with Crippen LogP contribution in [0.1, 0.15) is 43.0 Å². The monoisotopic (exact) mass is 283 g/mol. The Kier molecular flexibility index (Phi) is 6.89. The Balaban J connectivity index is 0.00000180. The van der Waals surface area contributed by atoms with Crippen LogP contribution in [0.4, 0.5) is 0 Å². The maximum atomic E-state index is 11.8. The largest absolute Gasteiger partial charge is 0.458 e. The van der Waals surface area contributed by atoms with Crippen molar-refractivity contribution in [2.24, 2.45) is 0 Å². The van der Waals surface area contributed by atoms with E-state index in [1.807, 2.05) is 25.1 Å². The Morgan fingerprint density at radius 2 is 1.95 bits per heavy atom. The summed E-state index contributed by atoms with van der Waals surface area (Å²) < 4.78 is 5.39. The fourth-order valence-corrected chi connectivity index (χ4v) is 2.33. The van der Waals surface area contributed by atoms with E-state index in [4.69, 9.17) is 4.74 Å². The molecule has 0 aliphatic heterocycles. The molecule has 1 N–H and O–H groups in total. The van der Waals surface area contributed by atoms with E-state index < -0.39 is 0 Å². The number of esters is 1. The molecule has 1 aliphatic rings. The number of hydrogen-bond donors (Lipinski definition) is 1. The highest BCUT2D eigenvalue weighted by molar-refractivity contribution is 5.89. The maximum Gasteiger partial charge on any atom is 0.338 e. The fourth-order valence-electron chi connectivity index (χ4n) is 2.33. The highest BCUT2D eigenvalue weighted by Gasteiger charge is 2.16. The number of benzene rings is 1. The summed E-state index contributed by atoms with van der Waals surface area (Å²) in [5.74, 6) is -0.240. The summed E-state index contributed by atoms with van der Waals surface area (Å²) in [6.45, 7) is 2.67. The first-order chi connectivity index (χ1) is 8.75. The highest BCUT2D eigenvalue weighted by Crippen LogP contribution is 2.17. The van der Waals surface area contributed by atoms with Crippen LogP contribution >= 0.6 is 12.4 Å². The van der Waals surface area contributed by atoms with E-state index in [2.05, 4.69) is 5.32 Å². The van der Waals surface area contributed by atoms with Gasteiger partial charge in [0.25, 0.3) is 0 Å². The Bertz CT molecular complexity index is 377. The quantitative estimate of drug-likeness (QED) is 0.844. The minimum absolute atomic E-state index is 0. The number of halogens is 1. The van der Waals surface area contributed by atoms with Crippen molar-refractivity contribution in [2.75, 3.05) is 6.54 Å². The standard InChI is InChI=1S/C15H21NO2.ClH/c1-12(11-16-14-9-5-6-10-14)18-15(17)13-7-3-2-4-8-13;/h2-4,7-8,12,14,16H,5-6,9-11H2,1H3;1H. The van der Waals surface area contributed by atoms with Gasteiger partial charge in [-0.15, -0.1) is 12.4 Å². The molecule has 1 aliphatic carbocycles. The van der Waals surface area contributed by atoms with Crippen LogP contribution in [0.5, 0.6) is 0 Å². The predicted octanol–water partition coefficient (Wildman–Crippen LogP) is 3.19. The number of rotatable bonds is 5. The summed E-state index contributed by atoms with van der Waals surface area (Å²) in [7, 11) is 0. The van der Waals surface area contributed by atoms with Gasteiger partial charge in [0.1, 0.15) is 6.10 Å². The van der Waals surface area contributed by atoms with Crippen molar-refractivity contribution in [3.63, 3.8) is 0 Å². The highest BCUT2D eigenvalue weighted by atomic mass is 35.5. The second-order valence-corrected chi connectivity index (χ2v) is 4.97. The molecule has 1 aromatic carbocycles. The predicted molar refractivity (Wildman–Crippen MR) is 78.8 cm³/mol. The van der Waals surface area contributed by atoms with Crippen molar-refractivity contribution in [3.05, 3.63) is 35.9 Å². The van der Waals surface area contributed by atoms with Crippen molar-refractivity contribution < 1.29 is 9.53 Å². The van der Waals surface area contributed by atoms with E-state index in [1.54, 1.807) is 12.1 Å². The van der Waals surface area contributed by atoms with Crippen molar-refractivity contribution >= 4 is 18.4 Å². The molecule has 0 amide bonds. The molecule has 4 heteroatoms. The average molecular weight is 284 g/mol. The maximum absolute atomic E-state index is 11.8. The van der Waals surface area contributed by atoms with Crippen molar-refractivity contribution in [1.82, 2.24) is 5.32 Å². The number of hydrogen-bond acceptors (Lipinski definition) is 3. The normalized spacial score (nSPS) is 16.7. The van der Waals surface area contributed by atoms with Gasteiger partial charge in [0.05, 0.1) is 5.56 Å². The number of ether oxygens (including phenoxy) is 1. The second-order valence-electron chi connectivity index (χ2n) is 4.97. The third-order valence-electron chi connectivity index (χ3n) is 3.37. The summed E-state index contributed by atoms with van der Waals surface area (Å²) in [4.78, 5) is 11.8. The van der Waals surface area contributed by atoms with E-state index in [0.717, 1.165) is 6.54 Å². The van der Waals surface area contributed by atoms with Gasteiger partial charge in [0.2, 0.25) is 0 Å². The third kappa shape index (κ3) is 5.21. The number of carbonyl (C=O) groups excluding carboxylic acids is 1. The van der Waals surface area contributed by atoms with Crippen LogP contribution in [0.15, 0.2) is 30.3 Å². The first-order valence-corrected chi connectivity index (χ1v) is 6.75. The van der Waals surface area contributed by atoms with Gasteiger partial charge in [0.15, 0.2) is 0 Å². The van der Waals surface area contributed by atoms with Gasteiger partial charge in [-0.25, -0.2) is 4.79 Å². The zero-order chi connectivity index (χ0) is 12.8. The molecule has 0 saturated heterocycles. The number of nitrogens with one attached hydrogen (secondary N) is 1.